The van der Waals surface area contributed by atoms with Gasteiger partial charge in [-0.25, -0.2) is 14.8 Å². The second kappa shape index (κ2) is 5.36. The molecule has 0 unspecified atom stereocenters. The lowest BCUT2D eigenvalue weighted by Crippen LogP contribution is -2.07. The van der Waals surface area contributed by atoms with Crippen molar-refractivity contribution in [2.75, 3.05) is 0 Å². The van der Waals surface area contributed by atoms with Crippen LogP contribution in [-0.2, 0) is 11.3 Å². The van der Waals surface area contributed by atoms with E-state index < -0.39 is 5.97 Å². The second-order valence-electron chi connectivity index (χ2n) is 3.16. The molecule has 2 rings (SSSR count). The van der Waals surface area contributed by atoms with Crippen molar-refractivity contribution >= 4 is 17.6 Å². The fourth-order valence-electron chi connectivity index (χ4n) is 1.12. The molecular weight excluding hydrogens is 242 g/mol. The summed E-state index contributed by atoms with van der Waals surface area (Å²) in [7, 11) is 0. The van der Waals surface area contributed by atoms with E-state index >= 15 is 0 Å². The number of hydrogen-bond acceptors (Lipinski definition) is 5. The zero-order valence-corrected chi connectivity index (χ0v) is 9.46. The topological polar surface area (TPSA) is 65.0 Å². The summed E-state index contributed by atoms with van der Waals surface area (Å²) in [6.07, 6.45) is 5.81. The molecule has 17 heavy (non-hydrogen) atoms. The molecule has 0 saturated heterocycles. The number of hydrogen-bond donors (Lipinski definition) is 0. The Kier molecular flexibility index (Phi) is 3.62. The third kappa shape index (κ3) is 3.22. The molecule has 2 aromatic rings. The fourth-order valence-corrected chi connectivity index (χ4v) is 1.23. The van der Waals surface area contributed by atoms with E-state index in [-0.39, 0.29) is 12.3 Å². The molecule has 0 N–H and O–H groups in total. The number of ether oxygens (including phenoxy) is 1. The maximum absolute atomic E-state index is 11.5. The van der Waals surface area contributed by atoms with Gasteiger partial charge in [0.2, 0.25) is 0 Å². The number of carbonyl (C=O) groups is 1. The van der Waals surface area contributed by atoms with E-state index in [0.29, 0.717) is 5.15 Å². The van der Waals surface area contributed by atoms with Crippen LogP contribution in [0.2, 0.25) is 5.15 Å². The van der Waals surface area contributed by atoms with Gasteiger partial charge in [0.25, 0.3) is 0 Å². The summed E-state index contributed by atoms with van der Waals surface area (Å²) in [6.45, 7) is 0.125. The minimum atomic E-state index is -0.520. The number of carbonyl (C=O) groups excluding carboxylic acids is 1. The monoisotopic (exact) mass is 249 g/mol. The lowest BCUT2D eigenvalue weighted by atomic mass is 10.3. The number of nitrogens with zero attached hydrogens (tertiary/aromatic N) is 3. The highest BCUT2D eigenvalue weighted by Crippen LogP contribution is 2.07. The molecule has 5 nitrogen and oxygen atoms in total. The smallest absolute Gasteiger partial charge is 0.358 e. The Morgan fingerprint density at radius 3 is 2.76 bits per heavy atom. The van der Waals surface area contributed by atoms with Gasteiger partial charge in [0.1, 0.15) is 11.8 Å². The summed E-state index contributed by atoms with van der Waals surface area (Å²) in [5.74, 6) is -0.520. The second-order valence-corrected chi connectivity index (χ2v) is 3.54. The fraction of sp³-hybridized carbons (Fsp3) is 0.0909. The summed E-state index contributed by atoms with van der Waals surface area (Å²) >= 11 is 5.63. The van der Waals surface area contributed by atoms with Gasteiger partial charge in [-0.05, 0) is 6.07 Å². The van der Waals surface area contributed by atoms with E-state index in [2.05, 4.69) is 15.0 Å². The molecule has 0 aliphatic carbocycles. The highest BCUT2D eigenvalue weighted by atomic mass is 35.5. The maximum atomic E-state index is 11.5. The van der Waals surface area contributed by atoms with Crippen molar-refractivity contribution in [1.29, 1.82) is 0 Å². The van der Waals surface area contributed by atoms with Crippen LogP contribution in [0.3, 0.4) is 0 Å². The summed E-state index contributed by atoms with van der Waals surface area (Å²) in [6, 6.07) is 3.37. The quantitative estimate of drug-likeness (QED) is 0.614. The molecule has 0 spiro atoms. The Balaban J connectivity index is 1.95. The van der Waals surface area contributed by atoms with Gasteiger partial charge in [-0.1, -0.05) is 17.7 Å². The van der Waals surface area contributed by atoms with Crippen molar-refractivity contribution in [3.8, 4) is 0 Å². The number of halogens is 1. The third-order valence-corrected chi connectivity index (χ3v) is 2.15. The summed E-state index contributed by atoms with van der Waals surface area (Å²) < 4.78 is 5.03. The molecule has 0 aliphatic rings. The predicted molar refractivity (Wildman–Crippen MR) is 60.4 cm³/mol. The van der Waals surface area contributed by atoms with Gasteiger partial charge in [0.05, 0.1) is 6.20 Å². The van der Waals surface area contributed by atoms with E-state index in [1.54, 1.807) is 18.3 Å². The van der Waals surface area contributed by atoms with Crippen molar-refractivity contribution in [1.82, 2.24) is 15.0 Å². The average molecular weight is 250 g/mol. The van der Waals surface area contributed by atoms with Gasteiger partial charge in [0.15, 0.2) is 5.69 Å². The van der Waals surface area contributed by atoms with Crippen LogP contribution < -0.4 is 0 Å². The highest BCUT2D eigenvalue weighted by Gasteiger charge is 2.08. The van der Waals surface area contributed by atoms with Crippen LogP contribution in [0.15, 0.2) is 36.9 Å². The molecule has 0 aromatic carbocycles. The zero-order chi connectivity index (χ0) is 12.1. The molecule has 2 aromatic heterocycles. The van der Waals surface area contributed by atoms with Gasteiger partial charge in [0, 0.05) is 24.2 Å². The molecule has 0 bridgehead atoms. The van der Waals surface area contributed by atoms with E-state index in [9.17, 15) is 4.79 Å². The lowest BCUT2D eigenvalue weighted by molar-refractivity contribution is 0.0465. The van der Waals surface area contributed by atoms with Crippen LogP contribution in [0.5, 0.6) is 0 Å². The molecule has 86 valence electrons. The Bertz CT molecular complexity index is 502. The van der Waals surface area contributed by atoms with Crippen molar-refractivity contribution < 1.29 is 9.53 Å². The minimum Gasteiger partial charge on any atom is -0.456 e. The van der Waals surface area contributed by atoms with Crippen molar-refractivity contribution in [2.45, 2.75) is 6.61 Å². The van der Waals surface area contributed by atoms with E-state index in [0.717, 1.165) is 5.56 Å². The van der Waals surface area contributed by atoms with Gasteiger partial charge in [-0.2, -0.15) is 0 Å². The lowest BCUT2D eigenvalue weighted by Gasteiger charge is -2.03. The van der Waals surface area contributed by atoms with Gasteiger partial charge in [-0.3, -0.25) is 4.98 Å². The van der Waals surface area contributed by atoms with Crippen LogP contribution in [0.1, 0.15) is 16.1 Å². The molecule has 2 heterocycles. The maximum Gasteiger partial charge on any atom is 0.358 e. The molecular formula is C11H8ClN3O2. The Morgan fingerprint density at radius 2 is 2.12 bits per heavy atom. The van der Waals surface area contributed by atoms with Crippen molar-refractivity contribution in [2.24, 2.45) is 0 Å². The Labute approximate surface area is 102 Å². The van der Waals surface area contributed by atoms with Crippen LogP contribution in [0, 0.1) is 0 Å². The summed E-state index contributed by atoms with van der Waals surface area (Å²) in [4.78, 5) is 23.0. The number of esters is 1. The first kappa shape index (κ1) is 11.5. The van der Waals surface area contributed by atoms with E-state index in [1.807, 2.05) is 0 Å². The molecule has 0 amide bonds. The first-order valence-electron chi connectivity index (χ1n) is 4.79. The number of pyridine rings is 1. The SMILES string of the molecule is O=C(OCc1ccc(Cl)nc1)c1cnccn1. The van der Waals surface area contributed by atoms with Gasteiger partial charge in [-0.15, -0.1) is 0 Å². The van der Waals surface area contributed by atoms with E-state index in [1.165, 1.54) is 18.6 Å². The molecule has 0 fully saturated rings. The zero-order valence-electron chi connectivity index (χ0n) is 8.71. The minimum absolute atomic E-state index is 0.125. The standard InChI is InChI=1S/C11H8ClN3O2/c12-10-2-1-8(5-15-10)7-17-11(16)9-6-13-3-4-14-9/h1-6H,7H2. The molecule has 0 saturated carbocycles. The number of aromatic nitrogens is 3. The summed E-state index contributed by atoms with van der Waals surface area (Å²) in [5.41, 5.74) is 0.932. The molecule has 0 atom stereocenters. The first-order valence-corrected chi connectivity index (χ1v) is 5.17. The van der Waals surface area contributed by atoms with Crippen molar-refractivity contribution in [3.63, 3.8) is 0 Å². The first-order chi connectivity index (χ1) is 8.25. The highest BCUT2D eigenvalue weighted by molar-refractivity contribution is 6.29. The third-order valence-electron chi connectivity index (χ3n) is 1.93. The largest absolute Gasteiger partial charge is 0.456 e. The van der Waals surface area contributed by atoms with Crippen LogP contribution >= 0.6 is 11.6 Å². The molecule has 0 aliphatic heterocycles. The van der Waals surface area contributed by atoms with Gasteiger partial charge >= 0.3 is 5.97 Å². The number of rotatable bonds is 3. The Hall–Kier alpha value is -2.01. The normalized spacial score (nSPS) is 9.94. The predicted octanol–water partition coefficient (Wildman–Crippen LogP) is 1.88. The van der Waals surface area contributed by atoms with Crippen molar-refractivity contribution in [3.05, 3.63) is 53.3 Å². The van der Waals surface area contributed by atoms with Gasteiger partial charge < -0.3 is 4.74 Å². The van der Waals surface area contributed by atoms with Crippen LogP contribution in [-0.4, -0.2) is 20.9 Å². The summed E-state index contributed by atoms with van der Waals surface area (Å²) in [5, 5.41) is 0.397. The molecule has 6 heteroatoms. The molecule has 0 radical (unpaired) electrons. The van der Waals surface area contributed by atoms with Crippen LogP contribution in [0.25, 0.3) is 0 Å². The van der Waals surface area contributed by atoms with Crippen LogP contribution in [0.4, 0.5) is 0 Å². The Morgan fingerprint density at radius 1 is 1.24 bits per heavy atom. The van der Waals surface area contributed by atoms with E-state index in [4.69, 9.17) is 16.3 Å². The average Bonchev–Trinajstić information content (AvgIpc) is 2.39.